The summed E-state index contributed by atoms with van der Waals surface area (Å²) in [7, 11) is 0. The van der Waals surface area contributed by atoms with Gasteiger partial charge < -0.3 is 0 Å². The number of nitrogens with one attached hydrogen (secondary N) is 1. The predicted molar refractivity (Wildman–Crippen MR) is 93.6 cm³/mol. The number of nitrogens with zero attached hydrogens (tertiary/aromatic N) is 2. The summed E-state index contributed by atoms with van der Waals surface area (Å²) in [6, 6.07) is 14.6. The molecule has 3 aromatic rings. The summed E-state index contributed by atoms with van der Waals surface area (Å²) in [6.07, 6.45) is 0.678. The molecule has 0 fully saturated rings. The number of amides is 1. The van der Waals surface area contributed by atoms with Gasteiger partial charge in [-0.15, -0.1) is 10.2 Å². The average Bonchev–Trinajstić information content (AvgIpc) is 2.94. The van der Waals surface area contributed by atoms with Crippen LogP contribution in [0.1, 0.15) is 20.9 Å². The zero-order valence-corrected chi connectivity index (χ0v) is 14.1. The van der Waals surface area contributed by atoms with Gasteiger partial charge in [0.15, 0.2) is 0 Å². The highest BCUT2D eigenvalue weighted by molar-refractivity contribution is 7.15. The van der Waals surface area contributed by atoms with Gasteiger partial charge in [0.1, 0.15) is 5.01 Å². The first kappa shape index (κ1) is 15.9. The molecule has 1 amide bonds. The van der Waals surface area contributed by atoms with E-state index >= 15 is 0 Å². The number of halogens is 2. The molecule has 0 aliphatic heterocycles. The molecule has 3 rings (SSSR count). The molecule has 0 aliphatic rings. The fraction of sp³-hybridized carbons (Fsp3) is 0.0625. The van der Waals surface area contributed by atoms with Crippen LogP contribution in [-0.4, -0.2) is 16.1 Å². The number of carbonyl (C=O) groups is 1. The number of benzene rings is 2. The third-order valence-corrected chi connectivity index (χ3v) is 4.29. The van der Waals surface area contributed by atoms with Crippen molar-refractivity contribution >= 4 is 45.6 Å². The van der Waals surface area contributed by atoms with E-state index in [1.54, 1.807) is 18.2 Å². The molecule has 1 N–H and O–H groups in total. The normalized spacial score (nSPS) is 10.5. The third-order valence-electron chi connectivity index (χ3n) is 3.01. The number of rotatable bonds is 4. The molecule has 0 saturated carbocycles. The first-order valence-corrected chi connectivity index (χ1v) is 8.31. The van der Waals surface area contributed by atoms with Crippen LogP contribution in [0.15, 0.2) is 48.5 Å². The Morgan fingerprint density at radius 3 is 2.43 bits per heavy atom. The minimum absolute atomic E-state index is 0.322. The lowest BCUT2D eigenvalue weighted by atomic mass is 10.2. The van der Waals surface area contributed by atoms with Crippen molar-refractivity contribution in [3.63, 3.8) is 0 Å². The minimum Gasteiger partial charge on any atom is -0.296 e. The van der Waals surface area contributed by atoms with Crippen LogP contribution in [-0.2, 0) is 6.42 Å². The zero-order chi connectivity index (χ0) is 16.2. The molecule has 1 aromatic heterocycles. The molecule has 0 atom stereocenters. The lowest BCUT2D eigenvalue weighted by molar-refractivity contribution is 0.102. The molecule has 0 spiro atoms. The van der Waals surface area contributed by atoms with Crippen molar-refractivity contribution in [3.8, 4) is 0 Å². The van der Waals surface area contributed by atoms with Gasteiger partial charge in [0.25, 0.3) is 5.91 Å². The van der Waals surface area contributed by atoms with Gasteiger partial charge in [-0.1, -0.05) is 64.9 Å². The molecule has 2 aromatic carbocycles. The Balaban J connectivity index is 1.70. The Kier molecular flexibility index (Phi) is 4.91. The summed E-state index contributed by atoms with van der Waals surface area (Å²) >= 11 is 13.1. The maximum atomic E-state index is 12.2. The fourth-order valence-electron chi connectivity index (χ4n) is 2.00. The van der Waals surface area contributed by atoms with Crippen LogP contribution in [0, 0.1) is 0 Å². The molecule has 0 bridgehead atoms. The van der Waals surface area contributed by atoms with Crippen LogP contribution in [0.25, 0.3) is 0 Å². The lowest BCUT2D eigenvalue weighted by Gasteiger charge is -2.02. The van der Waals surface area contributed by atoms with Gasteiger partial charge in [-0.3, -0.25) is 10.1 Å². The Morgan fingerprint density at radius 2 is 1.74 bits per heavy atom. The molecular formula is C16H11Cl2N3OS. The molecule has 0 radical (unpaired) electrons. The van der Waals surface area contributed by atoms with Gasteiger partial charge >= 0.3 is 0 Å². The first-order valence-electron chi connectivity index (χ1n) is 6.74. The van der Waals surface area contributed by atoms with Crippen molar-refractivity contribution in [2.75, 3.05) is 5.32 Å². The quantitative estimate of drug-likeness (QED) is 0.731. The lowest BCUT2D eigenvalue weighted by Crippen LogP contribution is -2.11. The van der Waals surface area contributed by atoms with Crippen molar-refractivity contribution in [1.82, 2.24) is 10.2 Å². The maximum absolute atomic E-state index is 12.2. The summed E-state index contributed by atoms with van der Waals surface area (Å²) in [6.45, 7) is 0. The van der Waals surface area contributed by atoms with Gasteiger partial charge in [0.05, 0.1) is 0 Å². The van der Waals surface area contributed by atoms with Gasteiger partial charge in [0, 0.05) is 22.0 Å². The van der Waals surface area contributed by atoms with E-state index in [0.717, 1.165) is 10.6 Å². The van der Waals surface area contributed by atoms with Crippen LogP contribution in [0.5, 0.6) is 0 Å². The van der Waals surface area contributed by atoms with Crippen molar-refractivity contribution < 1.29 is 4.79 Å². The fourth-order valence-corrected chi connectivity index (χ4v) is 3.30. The molecule has 0 unspecified atom stereocenters. The second-order valence-electron chi connectivity index (χ2n) is 4.78. The zero-order valence-electron chi connectivity index (χ0n) is 11.8. The average molecular weight is 364 g/mol. The van der Waals surface area contributed by atoms with Gasteiger partial charge in [-0.25, -0.2) is 0 Å². The SMILES string of the molecule is O=C(Nc1nnc(Cc2ccccc2)s1)c1cc(Cl)cc(Cl)c1. The number of aromatic nitrogens is 2. The summed E-state index contributed by atoms with van der Waals surface area (Å²) in [5.41, 5.74) is 1.52. The Morgan fingerprint density at radius 1 is 1.04 bits per heavy atom. The van der Waals surface area contributed by atoms with Crippen LogP contribution < -0.4 is 5.32 Å². The van der Waals surface area contributed by atoms with E-state index in [0.29, 0.717) is 27.2 Å². The second-order valence-corrected chi connectivity index (χ2v) is 6.71. The van der Waals surface area contributed by atoms with Gasteiger partial charge in [-0.2, -0.15) is 0 Å². The summed E-state index contributed by atoms with van der Waals surface area (Å²) in [5.74, 6) is -0.322. The van der Waals surface area contributed by atoms with E-state index in [1.165, 1.54) is 11.3 Å². The van der Waals surface area contributed by atoms with Crippen LogP contribution in [0.3, 0.4) is 0 Å². The Bertz CT molecular complexity index is 816. The smallest absolute Gasteiger partial charge is 0.257 e. The monoisotopic (exact) mass is 363 g/mol. The third kappa shape index (κ3) is 4.28. The van der Waals surface area contributed by atoms with Crippen molar-refractivity contribution in [3.05, 3.63) is 74.7 Å². The highest BCUT2D eigenvalue weighted by Gasteiger charge is 2.12. The highest BCUT2D eigenvalue weighted by atomic mass is 35.5. The van der Waals surface area contributed by atoms with E-state index in [4.69, 9.17) is 23.2 Å². The van der Waals surface area contributed by atoms with Gasteiger partial charge in [0.2, 0.25) is 5.13 Å². The molecule has 4 nitrogen and oxygen atoms in total. The van der Waals surface area contributed by atoms with Crippen molar-refractivity contribution in [2.45, 2.75) is 6.42 Å². The summed E-state index contributed by atoms with van der Waals surface area (Å²) < 4.78 is 0. The van der Waals surface area contributed by atoms with E-state index in [9.17, 15) is 4.79 Å². The van der Waals surface area contributed by atoms with Crippen molar-refractivity contribution in [2.24, 2.45) is 0 Å². The molecule has 1 heterocycles. The number of anilines is 1. The van der Waals surface area contributed by atoms with Crippen LogP contribution in [0.2, 0.25) is 10.0 Å². The predicted octanol–water partition coefficient (Wildman–Crippen LogP) is 4.69. The van der Waals surface area contributed by atoms with E-state index in [1.807, 2.05) is 30.3 Å². The molecule has 23 heavy (non-hydrogen) atoms. The first-order chi connectivity index (χ1) is 11.1. The maximum Gasteiger partial charge on any atom is 0.257 e. The Labute approximate surface area is 147 Å². The van der Waals surface area contributed by atoms with E-state index in [-0.39, 0.29) is 5.91 Å². The number of carbonyl (C=O) groups excluding carboxylic acids is 1. The standard InChI is InChI=1S/C16H11Cl2N3OS/c17-12-7-11(8-13(18)9-12)15(22)19-16-21-20-14(23-16)6-10-4-2-1-3-5-10/h1-5,7-9H,6H2,(H,19,21,22). The molecule has 7 heteroatoms. The Hall–Kier alpha value is -1.95. The van der Waals surface area contributed by atoms with Crippen LogP contribution in [0.4, 0.5) is 5.13 Å². The van der Waals surface area contributed by atoms with E-state index in [2.05, 4.69) is 15.5 Å². The molecule has 0 saturated heterocycles. The summed E-state index contributed by atoms with van der Waals surface area (Å²) in [4.78, 5) is 12.2. The van der Waals surface area contributed by atoms with Gasteiger partial charge in [-0.05, 0) is 23.8 Å². The van der Waals surface area contributed by atoms with Crippen molar-refractivity contribution in [1.29, 1.82) is 0 Å². The molecule has 116 valence electrons. The number of hydrogen-bond donors (Lipinski definition) is 1. The molecule has 0 aliphatic carbocycles. The topological polar surface area (TPSA) is 54.9 Å². The van der Waals surface area contributed by atoms with E-state index < -0.39 is 0 Å². The second kappa shape index (κ2) is 7.08. The van der Waals surface area contributed by atoms with Crippen LogP contribution >= 0.6 is 34.5 Å². The highest BCUT2D eigenvalue weighted by Crippen LogP contribution is 2.22. The minimum atomic E-state index is -0.322. The number of hydrogen-bond acceptors (Lipinski definition) is 4. The summed E-state index contributed by atoms with van der Waals surface area (Å²) in [5, 5.41) is 12.9. The largest absolute Gasteiger partial charge is 0.296 e. The molecular weight excluding hydrogens is 353 g/mol.